The number of hydrogen-bond acceptors (Lipinski definition) is 2. The summed E-state index contributed by atoms with van der Waals surface area (Å²) in [5, 5.41) is 5.18. The average Bonchev–Trinajstić information content (AvgIpc) is 2.92. The zero-order valence-corrected chi connectivity index (χ0v) is 13.2. The maximum absolute atomic E-state index is 11.3. The Morgan fingerprint density at radius 2 is 1.81 bits per heavy atom. The van der Waals surface area contributed by atoms with E-state index in [4.69, 9.17) is 11.6 Å². The van der Waals surface area contributed by atoms with Crippen LogP contribution in [0.3, 0.4) is 0 Å². The second-order valence-corrected chi connectivity index (χ2v) is 5.74. The summed E-state index contributed by atoms with van der Waals surface area (Å²) in [6, 6.07) is 15.0. The second-order valence-electron chi connectivity index (χ2n) is 4.45. The van der Waals surface area contributed by atoms with Crippen molar-refractivity contribution in [2.24, 2.45) is 0 Å². The van der Waals surface area contributed by atoms with E-state index < -0.39 is 0 Å². The minimum absolute atomic E-state index is 0.539. The van der Waals surface area contributed by atoms with Crippen molar-refractivity contribution in [3.63, 3.8) is 0 Å². The van der Waals surface area contributed by atoms with Crippen molar-refractivity contribution in [3.8, 4) is 16.9 Å². The number of hydrogen-bond donors (Lipinski definition) is 0. The molecule has 0 aliphatic rings. The van der Waals surface area contributed by atoms with E-state index in [1.165, 1.54) is 0 Å². The zero-order chi connectivity index (χ0) is 14.8. The van der Waals surface area contributed by atoms with Crippen LogP contribution in [0, 0.1) is 0 Å². The molecule has 2 aromatic carbocycles. The van der Waals surface area contributed by atoms with Gasteiger partial charge in [-0.2, -0.15) is 5.10 Å². The molecule has 104 valence electrons. The number of aldehydes is 1. The smallest absolute Gasteiger partial charge is 0.153 e. The molecule has 3 rings (SSSR count). The number of carbonyl (C=O) groups is 1. The Bertz CT molecular complexity index is 796. The molecule has 0 saturated heterocycles. The van der Waals surface area contributed by atoms with Crippen LogP contribution in [-0.2, 0) is 0 Å². The van der Waals surface area contributed by atoms with Gasteiger partial charge in [0, 0.05) is 21.3 Å². The molecule has 0 aliphatic heterocycles. The molecule has 0 saturated carbocycles. The minimum Gasteiger partial charge on any atom is -0.298 e. The van der Waals surface area contributed by atoms with Gasteiger partial charge in [-0.1, -0.05) is 45.7 Å². The van der Waals surface area contributed by atoms with Crippen molar-refractivity contribution in [3.05, 3.63) is 69.8 Å². The maximum Gasteiger partial charge on any atom is 0.153 e. The molecule has 1 aromatic heterocycles. The van der Waals surface area contributed by atoms with Gasteiger partial charge in [0.2, 0.25) is 0 Å². The van der Waals surface area contributed by atoms with Crippen molar-refractivity contribution in [1.29, 1.82) is 0 Å². The molecule has 0 bridgehead atoms. The Morgan fingerprint density at radius 3 is 2.48 bits per heavy atom. The van der Waals surface area contributed by atoms with Crippen LogP contribution in [0.2, 0.25) is 5.02 Å². The first-order valence-electron chi connectivity index (χ1n) is 6.25. The van der Waals surface area contributed by atoms with E-state index in [1.54, 1.807) is 23.0 Å². The number of carbonyl (C=O) groups excluding carboxylic acids is 1. The fraction of sp³-hybridized carbons (Fsp3) is 0. The summed E-state index contributed by atoms with van der Waals surface area (Å²) in [5.41, 5.74) is 2.91. The highest BCUT2D eigenvalue weighted by Gasteiger charge is 2.13. The van der Waals surface area contributed by atoms with Crippen molar-refractivity contribution >= 4 is 33.8 Å². The normalized spacial score (nSPS) is 10.6. The van der Waals surface area contributed by atoms with Gasteiger partial charge in [0.1, 0.15) is 5.69 Å². The maximum atomic E-state index is 11.3. The first-order valence-corrected chi connectivity index (χ1v) is 7.42. The SMILES string of the molecule is O=Cc1cn(-c2ccc(Cl)cc2)nc1-c1ccccc1Br. The van der Waals surface area contributed by atoms with Gasteiger partial charge in [-0.3, -0.25) is 4.79 Å². The molecule has 0 unspecified atom stereocenters. The first kappa shape index (κ1) is 14.0. The van der Waals surface area contributed by atoms with E-state index in [2.05, 4.69) is 21.0 Å². The van der Waals surface area contributed by atoms with Crippen LogP contribution in [0.15, 0.2) is 59.2 Å². The van der Waals surface area contributed by atoms with Crippen LogP contribution >= 0.6 is 27.5 Å². The first-order chi connectivity index (χ1) is 10.2. The van der Waals surface area contributed by atoms with Gasteiger partial charge >= 0.3 is 0 Å². The fourth-order valence-electron chi connectivity index (χ4n) is 2.06. The molecule has 0 aliphatic carbocycles. The standard InChI is InChI=1S/C16H10BrClN2O/c17-15-4-2-1-3-14(15)16-11(10-21)9-20(19-16)13-7-5-12(18)6-8-13/h1-10H. The van der Waals surface area contributed by atoms with Gasteiger partial charge in [-0.15, -0.1) is 0 Å². The molecule has 0 spiro atoms. The largest absolute Gasteiger partial charge is 0.298 e. The van der Waals surface area contributed by atoms with Crippen molar-refractivity contribution in [1.82, 2.24) is 9.78 Å². The number of rotatable bonds is 3. The molecule has 1 heterocycles. The lowest BCUT2D eigenvalue weighted by Gasteiger charge is -2.02. The fourth-order valence-corrected chi connectivity index (χ4v) is 2.66. The summed E-state index contributed by atoms with van der Waals surface area (Å²) < 4.78 is 2.57. The molecular weight excluding hydrogens is 352 g/mol. The Kier molecular flexibility index (Phi) is 3.90. The summed E-state index contributed by atoms with van der Waals surface area (Å²) in [6.07, 6.45) is 2.53. The summed E-state index contributed by atoms with van der Waals surface area (Å²) in [4.78, 5) is 11.3. The summed E-state index contributed by atoms with van der Waals surface area (Å²) in [7, 11) is 0. The zero-order valence-electron chi connectivity index (χ0n) is 10.8. The van der Waals surface area contributed by atoms with E-state index in [1.807, 2.05) is 36.4 Å². The lowest BCUT2D eigenvalue weighted by molar-refractivity contribution is 0.112. The number of halogens is 2. The topological polar surface area (TPSA) is 34.9 Å². The quantitative estimate of drug-likeness (QED) is 0.630. The van der Waals surface area contributed by atoms with Crippen LogP contribution in [-0.4, -0.2) is 16.1 Å². The van der Waals surface area contributed by atoms with Crippen LogP contribution in [0.4, 0.5) is 0 Å². The van der Waals surface area contributed by atoms with E-state index >= 15 is 0 Å². The van der Waals surface area contributed by atoms with E-state index in [-0.39, 0.29) is 0 Å². The van der Waals surface area contributed by atoms with Gasteiger partial charge in [0.25, 0.3) is 0 Å². The average molecular weight is 362 g/mol. The molecule has 0 fully saturated rings. The molecule has 0 N–H and O–H groups in total. The Hall–Kier alpha value is -1.91. The highest BCUT2D eigenvalue weighted by molar-refractivity contribution is 9.10. The van der Waals surface area contributed by atoms with Crippen molar-refractivity contribution in [2.45, 2.75) is 0 Å². The highest BCUT2D eigenvalue weighted by Crippen LogP contribution is 2.29. The third kappa shape index (κ3) is 2.77. The van der Waals surface area contributed by atoms with Gasteiger partial charge in [-0.25, -0.2) is 4.68 Å². The molecule has 3 aromatic rings. The van der Waals surface area contributed by atoms with Crippen LogP contribution in [0.5, 0.6) is 0 Å². The van der Waals surface area contributed by atoms with Crippen molar-refractivity contribution in [2.75, 3.05) is 0 Å². The number of nitrogens with zero attached hydrogens (tertiary/aromatic N) is 2. The molecule has 3 nitrogen and oxygen atoms in total. The second kappa shape index (κ2) is 5.84. The van der Waals surface area contributed by atoms with Crippen LogP contribution < -0.4 is 0 Å². The molecule has 21 heavy (non-hydrogen) atoms. The van der Waals surface area contributed by atoms with Gasteiger partial charge < -0.3 is 0 Å². The highest BCUT2D eigenvalue weighted by atomic mass is 79.9. The minimum atomic E-state index is 0.539. The molecule has 0 radical (unpaired) electrons. The van der Waals surface area contributed by atoms with Gasteiger partial charge in [0.05, 0.1) is 11.3 Å². The predicted molar refractivity (Wildman–Crippen MR) is 87.1 cm³/mol. The number of benzene rings is 2. The summed E-state index contributed by atoms with van der Waals surface area (Å²) in [5.74, 6) is 0. The third-order valence-corrected chi connectivity index (χ3v) is 4.03. The van der Waals surface area contributed by atoms with Gasteiger partial charge in [-0.05, 0) is 30.3 Å². The lowest BCUT2D eigenvalue weighted by Crippen LogP contribution is -1.94. The summed E-state index contributed by atoms with van der Waals surface area (Å²) >= 11 is 9.38. The molecule has 0 amide bonds. The Morgan fingerprint density at radius 1 is 1.10 bits per heavy atom. The molecule has 0 atom stereocenters. The predicted octanol–water partition coefficient (Wildman–Crippen LogP) is 4.77. The monoisotopic (exact) mass is 360 g/mol. The van der Waals surface area contributed by atoms with E-state index in [0.29, 0.717) is 16.3 Å². The Balaban J connectivity index is 2.13. The Labute approximate surface area is 135 Å². The molecular formula is C16H10BrClN2O. The van der Waals surface area contributed by atoms with Gasteiger partial charge in [0.15, 0.2) is 6.29 Å². The third-order valence-electron chi connectivity index (χ3n) is 3.09. The molecule has 5 heteroatoms. The van der Waals surface area contributed by atoms with Crippen LogP contribution in [0.1, 0.15) is 10.4 Å². The number of aromatic nitrogens is 2. The summed E-state index contributed by atoms with van der Waals surface area (Å²) in [6.45, 7) is 0. The van der Waals surface area contributed by atoms with E-state index in [9.17, 15) is 4.79 Å². The van der Waals surface area contributed by atoms with Crippen LogP contribution in [0.25, 0.3) is 16.9 Å². The van der Waals surface area contributed by atoms with Crippen molar-refractivity contribution < 1.29 is 4.79 Å². The van der Waals surface area contributed by atoms with E-state index in [0.717, 1.165) is 22.0 Å². The lowest BCUT2D eigenvalue weighted by atomic mass is 10.1.